The predicted molar refractivity (Wildman–Crippen MR) is 50.9 cm³/mol. The highest BCUT2D eigenvalue weighted by atomic mass is 32.2. The van der Waals surface area contributed by atoms with Gasteiger partial charge < -0.3 is 5.32 Å². The van der Waals surface area contributed by atoms with Gasteiger partial charge in [-0.1, -0.05) is 12.1 Å². The van der Waals surface area contributed by atoms with E-state index < -0.39 is 0 Å². The van der Waals surface area contributed by atoms with Gasteiger partial charge in [0.25, 0.3) is 0 Å². The molecule has 0 aliphatic carbocycles. The minimum absolute atomic E-state index is 1.16. The van der Waals surface area contributed by atoms with Crippen LogP contribution in [0.2, 0.25) is 0 Å². The summed E-state index contributed by atoms with van der Waals surface area (Å²) in [4.78, 5) is 1.22. The van der Waals surface area contributed by atoms with E-state index in [1.54, 1.807) is 11.9 Å². The zero-order valence-electron chi connectivity index (χ0n) is 6.72. The summed E-state index contributed by atoms with van der Waals surface area (Å²) < 4.78 is 3.04. The minimum Gasteiger partial charge on any atom is -0.387 e. The molecule has 1 aromatic rings. The van der Waals surface area contributed by atoms with E-state index in [0.29, 0.717) is 0 Å². The van der Waals surface area contributed by atoms with Crippen molar-refractivity contribution in [1.29, 1.82) is 0 Å². The van der Waals surface area contributed by atoms with Crippen molar-refractivity contribution in [3.8, 4) is 0 Å². The van der Waals surface area contributed by atoms with Crippen molar-refractivity contribution in [1.82, 2.24) is 4.72 Å². The molecule has 0 aromatic heterocycles. The number of hydrogen-bond acceptors (Lipinski definition) is 3. The van der Waals surface area contributed by atoms with Gasteiger partial charge in [-0.25, -0.2) is 0 Å². The maximum atomic E-state index is 3.12. The van der Waals surface area contributed by atoms with Gasteiger partial charge in [-0.2, -0.15) is 0 Å². The Hall–Kier alpha value is -0.670. The van der Waals surface area contributed by atoms with Crippen molar-refractivity contribution in [2.45, 2.75) is 4.90 Å². The first-order chi connectivity index (χ1) is 5.38. The van der Waals surface area contributed by atoms with Crippen LogP contribution in [0.25, 0.3) is 0 Å². The van der Waals surface area contributed by atoms with Gasteiger partial charge in [0, 0.05) is 17.6 Å². The van der Waals surface area contributed by atoms with Crippen LogP contribution in [-0.4, -0.2) is 14.1 Å². The second kappa shape index (κ2) is 4.26. The van der Waals surface area contributed by atoms with Gasteiger partial charge in [0.05, 0.1) is 0 Å². The quantitative estimate of drug-likeness (QED) is 0.675. The molecule has 0 aliphatic rings. The van der Waals surface area contributed by atoms with Crippen molar-refractivity contribution in [2.75, 3.05) is 19.4 Å². The maximum absolute atomic E-state index is 3.12. The van der Waals surface area contributed by atoms with Crippen molar-refractivity contribution < 1.29 is 0 Å². The second-order valence-corrected chi connectivity index (χ2v) is 3.10. The zero-order chi connectivity index (χ0) is 8.10. The lowest BCUT2D eigenvalue weighted by Gasteiger charge is -2.05. The van der Waals surface area contributed by atoms with Gasteiger partial charge in [0.15, 0.2) is 0 Å². The zero-order valence-corrected chi connectivity index (χ0v) is 7.53. The van der Waals surface area contributed by atoms with E-state index in [-0.39, 0.29) is 0 Å². The van der Waals surface area contributed by atoms with Crippen LogP contribution in [-0.2, 0) is 0 Å². The van der Waals surface area contributed by atoms with Crippen LogP contribution in [0.1, 0.15) is 0 Å². The molecule has 0 saturated heterocycles. The van der Waals surface area contributed by atoms with Crippen molar-refractivity contribution >= 4 is 17.6 Å². The molecule has 0 amide bonds. The highest BCUT2D eigenvalue weighted by molar-refractivity contribution is 7.97. The number of anilines is 1. The smallest absolute Gasteiger partial charge is 0.0489 e. The Morgan fingerprint density at radius 2 is 1.91 bits per heavy atom. The molecule has 0 unspecified atom stereocenters. The number of rotatable bonds is 3. The summed E-state index contributed by atoms with van der Waals surface area (Å²) in [6.07, 6.45) is 0. The van der Waals surface area contributed by atoms with E-state index in [0.717, 1.165) is 5.69 Å². The van der Waals surface area contributed by atoms with Gasteiger partial charge in [-0.3, -0.25) is 4.72 Å². The van der Waals surface area contributed by atoms with E-state index in [1.807, 2.05) is 26.2 Å². The van der Waals surface area contributed by atoms with Crippen molar-refractivity contribution in [2.24, 2.45) is 0 Å². The molecule has 1 rings (SSSR count). The van der Waals surface area contributed by atoms with Crippen LogP contribution in [0.3, 0.4) is 0 Å². The molecule has 0 atom stereocenters. The predicted octanol–water partition coefficient (Wildman–Crippen LogP) is 1.95. The Balaban J connectivity index is 2.83. The summed E-state index contributed by atoms with van der Waals surface area (Å²) >= 11 is 1.61. The highest BCUT2D eigenvalue weighted by Crippen LogP contribution is 2.23. The normalized spacial score (nSPS) is 9.64. The fraction of sp³-hybridized carbons (Fsp3) is 0.250. The fourth-order valence-electron chi connectivity index (χ4n) is 0.872. The van der Waals surface area contributed by atoms with Gasteiger partial charge in [-0.15, -0.1) is 0 Å². The van der Waals surface area contributed by atoms with Crippen molar-refractivity contribution in [3.05, 3.63) is 24.3 Å². The second-order valence-electron chi connectivity index (χ2n) is 2.05. The Bertz CT molecular complexity index is 225. The Morgan fingerprint density at radius 1 is 1.18 bits per heavy atom. The van der Waals surface area contributed by atoms with Gasteiger partial charge in [-0.05, 0) is 31.1 Å². The van der Waals surface area contributed by atoms with Crippen LogP contribution < -0.4 is 10.0 Å². The van der Waals surface area contributed by atoms with Crippen LogP contribution in [0.5, 0.6) is 0 Å². The van der Waals surface area contributed by atoms with E-state index in [4.69, 9.17) is 0 Å². The molecule has 0 bridgehead atoms. The van der Waals surface area contributed by atoms with E-state index in [1.165, 1.54) is 4.90 Å². The van der Waals surface area contributed by atoms with Crippen LogP contribution in [0.15, 0.2) is 29.2 Å². The average molecular weight is 168 g/mol. The largest absolute Gasteiger partial charge is 0.387 e. The molecule has 0 aliphatic heterocycles. The third-order valence-electron chi connectivity index (χ3n) is 1.37. The molecule has 11 heavy (non-hydrogen) atoms. The summed E-state index contributed by atoms with van der Waals surface area (Å²) in [5.41, 5.74) is 1.16. The molecule has 2 N–H and O–H groups in total. The monoisotopic (exact) mass is 168 g/mol. The molecular weight excluding hydrogens is 156 g/mol. The third-order valence-corrected chi connectivity index (χ3v) is 2.15. The summed E-state index contributed by atoms with van der Waals surface area (Å²) in [5.74, 6) is 0. The standard InChI is InChI=1S/C8H12N2S/c1-9-7-5-3-4-6-8(7)11-10-2/h3-6,9-10H,1-2H3. The maximum Gasteiger partial charge on any atom is 0.0489 e. The lowest BCUT2D eigenvalue weighted by atomic mass is 10.3. The summed E-state index contributed by atoms with van der Waals surface area (Å²) in [6.45, 7) is 0. The summed E-state index contributed by atoms with van der Waals surface area (Å²) in [7, 11) is 3.84. The number of benzene rings is 1. The molecule has 0 saturated carbocycles. The lowest BCUT2D eigenvalue weighted by Crippen LogP contribution is -1.95. The Kier molecular flexibility index (Phi) is 3.26. The average Bonchev–Trinajstić information content (AvgIpc) is 2.06. The first-order valence-electron chi connectivity index (χ1n) is 3.49. The molecule has 1 aromatic carbocycles. The molecule has 0 heterocycles. The van der Waals surface area contributed by atoms with Crippen LogP contribution >= 0.6 is 11.9 Å². The molecule has 0 fully saturated rings. The lowest BCUT2D eigenvalue weighted by molar-refractivity contribution is 1.27. The minimum atomic E-state index is 1.16. The molecule has 0 radical (unpaired) electrons. The van der Waals surface area contributed by atoms with E-state index in [9.17, 15) is 0 Å². The Labute approximate surface area is 71.5 Å². The third kappa shape index (κ3) is 2.13. The molecule has 3 heteroatoms. The number of nitrogens with one attached hydrogen (secondary N) is 2. The van der Waals surface area contributed by atoms with E-state index >= 15 is 0 Å². The molecule has 60 valence electrons. The SMILES string of the molecule is CNSc1ccccc1NC. The first-order valence-corrected chi connectivity index (χ1v) is 4.30. The van der Waals surface area contributed by atoms with Crippen LogP contribution in [0, 0.1) is 0 Å². The first kappa shape index (κ1) is 8.43. The van der Waals surface area contributed by atoms with Gasteiger partial charge in [0.2, 0.25) is 0 Å². The van der Waals surface area contributed by atoms with Crippen LogP contribution in [0.4, 0.5) is 5.69 Å². The van der Waals surface area contributed by atoms with E-state index in [2.05, 4.69) is 22.2 Å². The van der Waals surface area contributed by atoms with Crippen molar-refractivity contribution in [3.63, 3.8) is 0 Å². The van der Waals surface area contributed by atoms with Gasteiger partial charge >= 0.3 is 0 Å². The topological polar surface area (TPSA) is 24.1 Å². The molecule has 0 spiro atoms. The summed E-state index contributed by atoms with van der Waals surface area (Å²) in [6, 6.07) is 8.18. The summed E-state index contributed by atoms with van der Waals surface area (Å²) in [5, 5.41) is 3.12. The molecular formula is C8H12N2S. The number of para-hydroxylation sites is 1. The fourth-order valence-corrected chi connectivity index (χ4v) is 1.52. The Morgan fingerprint density at radius 3 is 2.55 bits per heavy atom. The molecule has 2 nitrogen and oxygen atoms in total. The van der Waals surface area contributed by atoms with Gasteiger partial charge in [0.1, 0.15) is 0 Å². The highest BCUT2D eigenvalue weighted by Gasteiger charge is 1.96. The number of hydrogen-bond donors (Lipinski definition) is 2.